The first kappa shape index (κ1) is 13.2. The molecule has 19 heavy (non-hydrogen) atoms. The quantitative estimate of drug-likeness (QED) is 0.867. The highest BCUT2D eigenvalue weighted by Gasteiger charge is 2.13. The van der Waals surface area contributed by atoms with Crippen molar-refractivity contribution in [3.05, 3.63) is 41.3 Å². The molecule has 0 fully saturated rings. The third-order valence-corrected chi connectivity index (χ3v) is 2.74. The number of hydrogen-bond acceptors (Lipinski definition) is 4. The van der Waals surface area contributed by atoms with E-state index in [1.807, 2.05) is 19.9 Å². The minimum atomic E-state index is -0.213. The van der Waals surface area contributed by atoms with Crippen molar-refractivity contribution in [2.75, 3.05) is 5.32 Å². The Labute approximate surface area is 111 Å². The summed E-state index contributed by atoms with van der Waals surface area (Å²) in [6, 6.07) is 5.33. The van der Waals surface area contributed by atoms with Gasteiger partial charge in [-0.3, -0.25) is 9.48 Å². The zero-order chi connectivity index (χ0) is 13.8. The molecule has 100 valence electrons. The maximum atomic E-state index is 12.1. The molecule has 6 heteroatoms. The van der Waals surface area contributed by atoms with Gasteiger partial charge in [0.15, 0.2) is 0 Å². The Balaban J connectivity index is 2.15. The fraction of sp³-hybridized carbons (Fsp3) is 0.308. The molecule has 0 unspecified atom stereocenters. The van der Waals surface area contributed by atoms with Gasteiger partial charge in [0.05, 0.1) is 5.69 Å². The van der Waals surface area contributed by atoms with Gasteiger partial charge >= 0.3 is 0 Å². The molecule has 0 bridgehead atoms. The van der Waals surface area contributed by atoms with E-state index < -0.39 is 0 Å². The highest BCUT2D eigenvalue weighted by molar-refractivity contribution is 6.02. The second kappa shape index (κ2) is 5.62. The summed E-state index contributed by atoms with van der Waals surface area (Å²) < 4.78 is 1.67. The number of carbonyl (C=O) groups excluding carboxylic acids is 1. The van der Waals surface area contributed by atoms with Crippen LogP contribution in [-0.2, 0) is 13.1 Å². The van der Waals surface area contributed by atoms with Crippen LogP contribution in [-0.4, -0.2) is 20.7 Å². The van der Waals surface area contributed by atoms with E-state index in [-0.39, 0.29) is 5.91 Å². The van der Waals surface area contributed by atoms with E-state index in [0.29, 0.717) is 24.6 Å². The molecular weight excluding hydrogens is 242 g/mol. The van der Waals surface area contributed by atoms with Crippen molar-refractivity contribution in [2.24, 2.45) is 5.73 Å². The fourth-order valence-electron chi connectivity index (χ4n) is 1.77. The maximum absolute atomic E-state index is 12.1. The fourth-order valence-corrected chi connectivity index (χ4v) is 1.77. The molecule has 0 aromatic carbocycles. The van der Waals surface area contributed by atoms with Crippen LogP contribution in [0.2, 0.25) is 0 Å². The standard InChI is InChI=1S/C13H17N5O/c1-3-18-11(6-9(2)17-18)13(19)16-12-5-4-10(7-14)8-15-12/h4-6,8H,3,7,14H2,1-2H3,(H,15,16,19). The number of aromatic nitrogens is 3. The second-order valence-corrected chi connectivity index (χ2v) is 4.20. The van der Waals surface area contributed by atoms with E-state index in [1.165, 1.54) is 0 Å². The van der Waals surface area contributed by atoms with Crippen molar-refractivity contribution in [3.8, 4) is 0 Å². The number of nitrogens with two attached hydrogens (primary N) is 1. The average molecular weight is 259 g/mol. The zero-order valence-electron chi connectivity index (χ0n) is 11.1. The van der Waals surface area contributed by atoms with Gasteiger partial charge in [-0.2, -0.15) is 5.10 Å². The van der Waals surface area contributed by atoms with Gasteiger partial charge in [-0.1, -0.05) is 6.07 Å². The molecule has 2 aromatic heterocycles. The third-order valence-electron chi connectivity index (χ3n) is 2.74. The summed E-state index contributed by atoms with van der Waals surface area (Å²) in [6.45, 7) is 4.88. The number of nitrogens with zero attached hydrogens (tertiary/aromatic N) is 3. The van der Waals surface area contributed by atoms with Crippen LogP contribution in [0.5, 0.6) is 0 Å². The van der Waals surface area contributed by atoms with Gasteiger partial charge < -0.3 is 11.1 Å². The van der Waals surface area contributed by atoms with E-state index in [0.717, 1.165) is 11.3 Å². The summed E-state index contributed by atoms with van der Waals surface area (Å²) in [4.78, 5) is 16.3. The highest BCUT2D eigenvalue weighted by atomic mass is 16.2. The summed E-state index contributed by atoms with van der Waals surface area (Å²) in [5.74, 6) is 0.291. The first-order valence-electron chi connectivity index (χ1n) is 6.14. The third kappa shape index (κ3) is 2.97. The Bertz CT molecular complexity index is 573. The number of rotatable bonds is 4. The van der Waals surface area contributed by atoms with Crippen molar-refractivity contribution < 1.29 is 4.79 Å². The molecule has 1 amide bonds. The van der Waals surface area contributed by atoms with E-state index >= 15 is 0 Å². The maximum Gasteiger partial charge on any atom is 0.275 e. The van der Waals surface area contributed by atoms with Crippen LogP contribution in [0.25, 0.3) is 0 Å². The van der Waals surface area contributed by atoms with Crippen molar-refractivity contribution in [2.45, 2.75) is 26.9 Å². The minimum absolute atomic E-state index is 0.213. The van der Waals surface area contributed by atoms with Crippen LogP contribution < -0.4 is 11.1 Å². The molecule has 2 heterocycles. The van der Waals surface area contributed by atoms with Gasteiger partial charge in [0.2, 0.25) is 0 Å². The Morgan fingerprint density at radius 3 is 2.84 bits per heavy atom. The number of carbonyl (C=O) groups is 1. The zero-order valence-corrected chi connectivity index (χ0v) is 11.1. The SMILES string of the molecule is CCn1nc(C)cc1C(=O)Nc1ccc(CN)cn1. The van der Waals surface area contributed by atoms with Crippen LogP contribution in [0.3, 0.4) is 0 Å². The van der Waals surface area contributed by atoms with Crippen LogP contribution in [0, 0.1) is 6.92 Å². The number of nitrogens with one attached hydrogen (secondary N) is 1. The van der Waals surface area contributed by atoms with Crippen molar-refractivity contribution in [3.63, 3.8) is 0 Å². The lowest BCUT2D eigenvalue weighted by Gasteiger charge is -2.06. The van der Waals surface area contributed by atoms with E-state index in [9.17, 15) is 4.79 Å². The molecule has 0 atom stereocenters. The van der Waals surface area contributed by atoms with Gasteiger partial charge in [0, 0.05) is 19.3 Å². The Morgan fingerprint density at radius 1 is 1.47 bits per heavy atom. The summed E-state index contributed by atoms with van der Waals surface area (Å²) in [6.07, 6.45) is 1.65. The van der Waals surface area contributed by atoms with Crippen LogP contribution in [0.15, 0.2) is 24.4 Å². The number of hydrogen-bond donors (Lipinski definition) is 2. The summed E-state index contributed by atoms with van der Waals surface area (Å²) >= 11 is 0. The number of anilines is 1. The topological polar surface area (TPSA) is 85.8 Å². The minimum Gasteiger partial charge on any atom is -0.326 e. The number of pyridine rings is 1. The summed E-state index contributed by atoms with van der Waals surface area (Å²) in [5.41, 5.74) is 7.77. The second-order valence-electron chi connectivity index (χ2n) is 4.20. The summed E-state index contributed by atoms with van der Waals surface area (Å²) in [5, 5.41) is 6.98. The molecule has 0 aliphatic heterocycles. The van der Waals surface area contributed by atoms with Crippen LogP contribution in [0.1, 0.15) is 28.7 Å². The molecule has 0 aliphatic carbocycles. The van der Waals surface area contributed by atoms with Gasteiger partial charge in [-0.15, -0.1) is 0 Å². The molecule has 0 aliphatic rings. The number of amides is 1. The van der Waals surface area contributed by atoms with Crippen LogP contribution in [0.4, 0.5) is 5.82 Å². The Morgan fingerprint density at radius 2 is 2.26 bits per heavy atom. The van der Waals surface area contributed by atoms with Crippen molar-refractivity contribution >= 4 is 11.7 Å². The van der Waals surface area contributed by atoms with Gasteiger partial charge in [0.1, 0.15) is 11.5 Å². The first-order chi connectivity index (χ1) is 9.13. The van der Waals surface area contributed by atoms with E-state index in [1.54, 1.807) is 23.0 Å². The van der Waals surface area contributed by atoms with Gasteiger partial charge in [-0.05, 0) is 31.5 Å². The lowest BCUT2D eigenvalue weighted by molar-refractivity contribution is 0.101. The van der Waals surface area contributed by atoms with E-state index in [4.69, 9.17) is 5.73 Å². The predicted molar refractivity (Wildman–Crippen MR) is 72.7 cm³/mol. The summed E-state index contributed by atoms with van der Waals surface area (Å²) in [7, 11) is 0. The lowest BCUT2D eigenvalue weighted by Crippen LogP contribution is -2.18. The average Bonchev–Trinajstić information content (AvgIpc) is 2.81. The largest absolute Gasteiger partial charge is 0.326 e. The lowest BCUT2D eigenvalue weighted by atomic mass is 10.3. The molecule has 3 N–H and O–H groups in total. The molecular formula is C13H17N5O. The molecule has 2 aromatic rings. The predicted octanol–water partition coefficient (Wildman–Crippen LogP) is 1.32. The molecule has 0 saturated carbocycles. The van der Waals surface area contributed by atoms with Crippen molar-refractivity contribution in [1.82, 2.24) is 14.8 Å². The normalized spacial score (nSPS) is 10.5. The Hall–Kier alpha value is -2.21. The van der Waals surface area contributed by atoms with E-state index in [2.05, 4.69) is 15.4 Å². The molecule has 6 nitrogen and oxygen atoms in total. The van der Waals surface area contributed by atoms with Crippen LogP contribution >= 0.6 is 0 Å². The molecule has 0 spiro atoms. The molecule has 0 radical (unpaired) electrons. The smallest absolute Gasteiger partial charge is 0.275 e. The molecule has 0 saturated heterocycles. The number of aryl methyl sites for hydroxylation is 2. The highest BCUT2D eigenvalue weighted by Crippen LogP contribution is 2.09. The monoisotopic (exact) mass is 259 g/mol. The van der Waals surface area contributed by atoms with Gasteiger partial charge in [0.25, 0.3) is 5.91 Å². The van der Waals surface area contributed by atoms with Crippen molar-refractivity contribution in [1.29, 1.82) is 0 Å². The van der Waals surface area contributed by atoms with Gasteiger partial charge in [-0.25, -0.2) is 4.98 Å². The Kier molecular flexibility index (Phi) is 3.91. The first-order valence-corrected chi connectivity index (χ1v) is 6.14. The molecule has 2 rings (SSSR count).